The average Bonchev–Trinajstić information content (AvgIpc) is 3.05. The van der Waals surface area contributed by atoms with E-state index in [2.05, 4.69) is 26.8 Å². The van der Waals surface area contributed by atoms with E-state index in [0.29, 0.717) is 40.2 Å². The zero-order chi connectivity index (χ0) is 18.8. The molecule has 0 saturated heterocycles. The zero-order valence-corrected chi connectivity index (χ0v) is 13.8. The van der Waals surface area contributed by atoms with Crippen LogP contribution in [-0.4, -0.2) is 31.9 Å². The Bertz CT molecular complexity index is 1040. The normalized spacial score (nSPS) is 10.7. The molecule has 3 aromatic rings. The Hall–Kier alpha value is -3.55. The molecule has 2 aromatic heterocycles. The molecule has 0 unspecified atom stereocenters. The summed E-state index contributed by atoms with van der Waals surface area (Å²) in [5.74, 6) is -2.62. The van der Waals surface area contributed by atoms with Crippen LogP contribution in [-0.2, 0) is 11.2 Å². The van der Waals surface area contributed by atoms with Gasteiger partial charge in [0.05, 0.1) is 16.6 Å². The highest BCUT2D eigenvalue weighted by atomic mass is 19.1. The van der Waals surface area contributed by atoms with Gasteiger partial charge in [-0.3, -0.25) is 4.79 Å². The molecule has 1 amide bonds. The number of aromatic carboxylic acids is 1. The van der Waals surface area contributed by atoms with Crippen molar-refractivity contribution in [1.82, 2.24) is 15.0 Å². The van der Waals surface area contributed by atoms with E-state index in [0.717, 1.165) is 0 Å². The number of anilines is 1. The van der Waals surface area contributed by atoms with E-state index in [9.17, 15) is 19.1 Å². The van der Waals surface area contributed by atoms with E-state index in [1.165, 1.54) is 6.20 Å². The van der Waals surface area contributed by atoms with Crippen molar-refractivity contribution in [1.29, 1.82) is 0 Å². The van der Waals surface area contributed by atoms with Gasteiger partial charge in [0, 0.05) is 23.9 Å². The van der Waals surface area contributed by atoms with Gasteiger partial charge in [-0.05, 0) is 12.1 Å². The van der Waals surface area contributed by atoms with E-state index in [1.54, 1.807) is 24.3 Å². The molecule has 3 N–H and O–H groups in total. The summed E-state index contributed by atoms with van der Waals surface area (Å²) < 4.78 is 12.9. The molecule has 0 spiro atoms. The number of carboxylic acids is 1. The molecule has 0 fully saturated rings. The van der Waals surface area contributed by atoms with Gasteiger partial charge in [0.25, 0.3) is 5.91 Å². The molecule has 0 bridgehead atoms. The summed E-state index contributed by atoms with van der Waals surface area (Å²) in [6.07, 6.45) is 1.92. The number of fused-ring (bicyclic) bond motifs is 1. The quantitative estimate of drug-likeness (QED) is 0.609. The lowest BCUT2D eigenvalue weighted by molar-refractivity contribution is -0.114. The summed E-state index contributed by atoms with van der Waals surface area (Å²) in [6, 6.07) is 6.54. The second-order valence-electron chi connectivity index (χ2n) is 5.51. The molecule has 3 rings (SSSR count). The standard InChI is InChI=1S/C18H15FN4O3/c1-3-13-22-15(14-12(18(25)26)8-20-16(14)23-13)10-5-4-6-11(7-10)21-17(24)9(2)19/h4-8H,2-3H2,1H3,(H,21,24)(H,25,26)(H,20,22,23). The van der Waals surface area contributed by atoms with E-state index in [-0.39, 0.29) is 5.56 Å². The molecule has 26 heavy (non-hydrogen) atoms. The summed E-state index contributed by atoms with van der Waals surface area (Å²) >= 11 is 0. The van der Waals surface area contributed by atoms with Crippen molar-refractivity contribution in [2.24, 2.45) is 0 Å². The molecule has 7 nitrogen and oxygen atoms in total. The number of nitrogens with one attached hydrogen (secondary N) is 2. The highest BCUT2D eigenvalue weighted by Crippen LogP contribution is 2.30. The smallest absolute Gasteiger partial charge is 0.338 e. The predicted octanol–water partition coefficient (Wildman–Crippen LogP) is 3.31. The number of aromatic nitrogens is 3. The fraction of sp³-hybridized carbons (Fsp3) is 0.111. The van der Waals surface area contributed by atoms with Gasteiger partial charge in [0.2, 0.25) is 0 Å². The number of carbonyl (C=O) groups is 2. The van der Waals surface area contributed by atoms with Crippen LogP contribution in [0.25, 0.3) is 22.3 Å². The lowest BCUT2D eigenvalue weighted by Crippen LogP contribution is -2.11. The predicted molar refractivity (Wildman–Crippen MR) is 94.5 cm³/mol. The number of amides is 1. The minimum atomic E-state index is -1.11. The van der Waals surface area contributed by atoms with Gasteiger partial charge in [0.1, 0.15) is 11.5 Å². The number of rotatable bonds is 5. The third-order valence-electron chi connectivity index (χ3n) is 3.76. The molecule has 0 atom stereocenters. The number of hydrogen-bond donors (Lipinski definition) is 3. The molecule has 132 valence electrons. The number of aromatic amines is 1. The third kappa shape index (κ3) is 3.16. The monoisotopic (exact) mass is 354 g/mol. The van der Waals surface area contributed by atoms with Crippen molar-refractivity contribution in [2.75, 3.05) is 5.32 Å². The first kappa shape index (κ1) is 17.3. The van der Waals surface area contributed by atoms with Crippen LogP contribution >= 0.6 is 0 Å². The van der Waals surface area contributed by atoms with Crippen molar-refractivity contribution in [2.45, 2.75) is 13.3 Å². The summed E-state index contributed by atoms with van der Waals surface area (Å²) in [7, 11) is 0. The molecule has 0 radical (unpaired) electrons. The highest BCUT2D eigenvalue weighted by Gasteiger charge is 2.19. The van der Waals surface area contributed by atoms with Crippen LogP contribution in [0.2, 0.25) is 0 Å². The van der Waals surface area contributed by atoms with Gasteiger partial charge >= 0.3 is 5.97 Å². The topological polar surface area (TPSA) is 108 Å². The fourth-order valence-electron chi connectivity index (χ4n) is 2.56. The highest BCUT2D eigenvalue weighted by molar-refractivity contribution is 6.08. The second-order valence-corrected chi connectivity index (χ2v) is 5.51. The molecule has 0 aliphatic heterocycles. The Morgan fingerprint density at radius 2 is 2.12 bits per heavy atom. The van der Waals surface area contributed by atoms with Gasteiger partial charge in [-0.15, -0.1) is 0 Å². The maximum atomic E-state index is 12.9. The van der Waals surface area contributed by atoms with Crippen molar-refractivity contribution in [3.63, 3.8) is 0 Å². The third-order valence-corrected chi connectivity index (χ3v) is 3.76. The summed E-state index contributed by atoms with van der Waals surface area (Å²) in [6.45, 7) is 4.84. The fourth-order valence-corrected chi connectivity index (χ4v) is 2.56. The van der Waals surface area contributed by atoms with Gasteiger partial charge in [-0.1, -0.05) is 25.6 Å². The van der Waals surface area contributed by atoms with E-state index in [1.807, 2.05) is 6.92 Å². The van der Waals surface area contributed by atoms with Crippen LogP contribution in [0.3, 0.4) is 0 Å². The lowest BCUT2D eigenvalue weighted by Gasteiger charge is -2.09. The lowest BCUT2D eigenvalue weighted by atomic mass is 10.1. The average molecular weight is 354 g/mol. The molecule has 0 saturated carbocycles. The first-order chi connectivity index (χ1) is 12.4. The van der Waals surface area contributed by atoms with E-state index in [4.69, 9.17) is 0 Å². The maximum Gasteiger partial charge on any atom is 0.338 e. The van der Waals surface area contributed by atoms with Crippen molar-refractivity contribution in [3.05, 3.63) is 54.3 Å². The molecular formula is C18H15FN4O3. The van der Waals surface area contributed by atoms with Gasteiger partial charge in [-0.2, -0.15) is 0 Å². The summed E-state index contributed by atoms with van der Waals surface area (Å²) in [5.41, 5.74) is 1.78. The molecule has 8 heteroatoms. The number of aryl methyl sites for hydroxylation is 1. The molecule has 0 aliphatic carbocycles. The van der Waals surface area contributed by atoms with E-state index < -0.39 is 17.7 Å². The summed E-state index contributed by atoms with van der Waals surface area (Å²) in [5, 5.41) is 12.2. The number of benzene rings is 1. The zero-order valence-electron chi connectivity index (χ0n) is 13.8. The van der Waals surface area contributed by atoms with Crippen LogP contribution in [0.15, 0.2) is 42.9 Å². The number of halogens is 1. The number of H-pyrrole nitrogens is 1. The Labute approximate surface area is 147 Å². The maximum absolute atomic E-state index is 12.9. The molecule has 1 aromatic carbocycles. The Morgan fingerprint density at radius 1 is 1.35 bits per heavy atom. The minimum absolute atomic E-state index is 0.0456. The largest absolute Gasteiger partial charge is 0.478 e. The van der Waals surface area contributed by atoms with Crippen LogP contribution in [0.4, 0.5) is 10.1 Å². The van der Waals surface area contributed by atoms with Crippen molar-refractivity contribution in [3.8, 4) is 11.3 Å². The first-order valence-corrected chi connectivity index (χ1v) is 7.78. The van der Waals surface area contributed by atoms with Gasteiger partial charge < -0.3 is 15.4 Å². The SMILES string of the molecule is C=C(F)C(=O)Nc1cccc(-c2nc(CC)nc3[nH]cc(C(=O)O)c23)c1. The van der Waals surface area contributed by atoms with Gasteiger partial charge in [0.15, 0.2) is 5.83 Å². The Morgan fingerprint density at radius 3 is 2.77 bits per heavy atom. The number of nitrogens with zero attached hydrogens (tertiary/aromatic N) is 2. The van der Waals surface area contributed by atoms with Crippen molar-refractivity contribution >= 4 is 28.6 Å². The number of hydrogen-bond acceptors (Lipinski definition) is 4. The molecule has 0 aliphatic rings. The van der Waals surface area contributed by atoms with Crippen molar-refractivity contribution < 1.29 is 19.1 Å². The summed E-state index contributed by atoms with van der Waals surface area (Å²) in [4.78, 5) is 34.6. The van der Waals surface area contributed by atoms with Crippen LogP contribution in [0.5, 0.6) is 0 Å². The number of carbonyl (C=O) groups excluding carboxylic acids is 1. The minimum Gasteiger partial charge on any atom is -0.478 e. The molecule has 2 heterocycles. The van der Waals surface area contributed by atoms with Crippen LogP contribution in [0.1, 0.15) is 23.1 Å². The van der Waals surface area contributed by atoms with Gasteiger partial charge in [-0.25, -0.2) is 19.2 Å². The Kier molecular flexibility index (Phi) is 4.49. The van der Waals surface area contributed by atoms with E-state index >= 15 is 0 Å². The second kappa shape index (κ2) is 6.75. The Balaban J connectivity index is 2.18. The van der Waals surface area contributed by atoms with Crippen LogP contribution in [0, 0.1) is 0 Å². The molecular weight excluding hydrogens is 339 g/mol. The number of carboxylic acid groups (broad SMARTS) is 1. The van der Waals surface area contributed by atoms with Crippen LogP contribution < -0.4 is 5.32 Å². The first-order valence-electron chi connectivity index (χ1n) is 7.78.